The summed E-state index contributed by atoms with van der Waals surface area (Å²) < 4.78 is 29.0. The van der Waals surface area contributed by atoms with Crippen molar-refractivity contribution in [2.24, 2.45) is 0 Å². The first-order valence-electron chi connectivity index (χ1n) is 3.39. The zero-order chi connectivity index (χ0) is 10.7. The number of hydrogen-bond acceptors (Lipinski definition) is 2. The van der Waals surface area contributed by atoms with Crippen LogP contribution in [0.25, 0.3) is 0 Å². The summed E-state index contributed by atoms with van der Waals surface area (Å²) in [4.78, 5) is 0. The van der Waals surface area contributed by atoms with Crippen LogP contribution in [0, 0.1) is 11.3 Å². The van der Waals surface area contributed by atoms with Crippen LogP contribution in [0.1, 0.15) is 5.56 Å². The second-order valence-electron chi connectivity index (χ2n) is 2.23. The molecule has 0 fully saturated rings. The SMILES string of the molecule is N#Cc1ccc(Br)c(Br)c1OC(F)F. The van der Waals surface area contributed by atoms with Crippen LogP contribution < -0.4 is 4.74 Å². The second kappa shape index (κ2) is 4.71. The summed E-state index contributed by atoms with van der Waals surface area (Å²) >= 11 is 6.16. The minimum absolute atomic E-state index is 0.0559. The highest BCUT2D eigenvalue weighted by Crippen LogP contribution is 2.36. The maximum absolute atomic E-state index is 12.0. The standard InChI is InChI=1S/C8H3Br2F2NO/c9-5-2-1-4(3-13)7(6(5)10)14-8(11)12/h1-2,8H. The fourth-order valence-corrected chi connectivity index (χ4v) is 1.58. The number of benzene rings is 1. The highest BCUT2D eigenvalue weighted by atomic mass is 79.9. The second-order valence-corrected chi connectivity index (χ2v) is 3.88. The maximum atomic E-state index is 12.0. The van der Waals surface area contributed by atoms with Crippen molar-refractivity contribution in [1.82, 2.24) is 0 Å². The fourth-order valence-electron chi connectivity index (χ4n) is 0.824. The molecular formula is C8H3Br2F2NO. The molecule has 14 heavy (non-hydrogen) atoms. The Kier molecular flexibility index (Phi) is 3.84. The molecule has 0 aliphatic heterocycles. The third kappa shape index (κ3) is 2.42. The fraction of sp³-hybridized carbons (Fsp3) is 0.125. The largest absolute Gasteiger partial charge is 0.432 e. The Bertz CT molecular complexity index is 390. The lowest BCUT2D eigenvalue weighted by Crippen LogP contribution is -2.04. The third-order valence-electron chi connectivity index (χ3n) is 1.38. The molecule has 74 valence electrons. The molecule has 2 nitrogen and oxygen atoms in total. The Balaban J connectivity index is 3.23. The van der Waals surface area contributed by atoms with Crippen molar-refractivity contribution in [2.45, 2.75) is 6.61 Å². The summed E-state index contributed by atoms with van der Waals surface area (Å²) in [6.45, 7) is -2.95. The van der Waals surface area contributed by atoms with Gasteiger partial charge in [0.05, 0.1) is 10.0 Å². The van der Waals surface area contributed by atoms with Gasteiger partial charge < -0.3 is 4.74 Å². The summed E-state index contributed by atoms with van der Waals surface area (Å²) in [7, 11) is 0. The average molecular weight is 327 g/mol. The number of alkyl halides is 2. The summed E-state index contributed by atoms with van der Waals surface area (Å²) in [5.41, 5.74) is 0.0559. The molecule has 0 N–H and O–H groups in total. The molecule has 0 saturated heterocycles. The van der Waals surface area contributed by atoms with Crippen molar-refractivity contribution >= 4 is 31.9 Å². The molecule has 6 heteroatoms. The van der Waals surface area contributed by atoms with Gasteiger partial charge in [0.2, 0.25) is 0 Å². The van der Waals surface area contributed by atoms with E-state index >= 15 is 0 Å². The zero-order valence-electron chi connectivity index (χ0n) is 6.60. The first-order chi connectivity index (χ1) is 6.56. The molecule has 1 aromatic rings. The number of nitrogens with zero attached hydrogens (tertiary/aromatic N) is 1. The van der Waals surface area contributed by atoms with Crippen LogP contribution in [0.15, 0.2) is 21.1 Å². The van der Waals surface area contributed by atoms with Crippen LogP contribution in [0.5, 0.6) is 5.75 Å². The average Bonchev–Trinajstić information content (AvgIpc) is 2.13. The summed E-state index contributed by atoms with van der Waals surface area (Å²) in [6.07, 6.45) is 0. The van der Waals surface area contributed by atoms with Crippen molar-refractivity contribution < 1.29 is 13.5 Å². The van der Waals surface area contributed by atoms with E-state index in [1.165, 1.54) is 6.07 Å². The monoisotopic (exact) mass is 325 g/mol. The zero-order valence-corrected chi connectivity index (χ0v) is 9.77. The van der Waals surface area contributed by atoms with Crippen LogP contribution in [0.2, 0.25) is 0 Å². The smallest absolute Gasteiger partial charge is 0.387 e. The number of rotatable bonds is 2. The molecule has 1 rings (SSSR count). The van der Waals surface area contributed by atoms with Crippen molar-refractivity contribution in [3.05, 3.63) is 26.6 Å². The molecule has 0 bridgehead atoms. The predicted octanol–water partition coefficient (Wildman–Crippen LogP) is 3.68. The van der Waals surface area contributed by atoms with Gasteiger partial charge in [-0.15, -0.1) is 0 Å². The molecule has 0 unspecified atom stereocenters. The Labute approximate surface area is 95.7 Å². The molecule has 0 aliphatic carbocycles. The molecule has 0 atom stereocenters. The predicted molar refractivity (Wildman–Crippen MR) is 53.2 cm³/mol. The first kappa shape index (κ1) is 11.4. The molecule has 0 aromatic heterocycles. The van der Waals surface area contributed by atoms with Gasteiger partial charge in [0, 0.05) is 4.47 Å². The highest BCUT2D eigenvalue weighted by Gasteiger charge is 2.15. The summed E-state index contributed by atoms with van der Waals surface area (Å²) in [5.74, 6) is -0.156. The van der Waals surface area contributed by atoms with Crippen LogP contribution in [-0.2, 0) is 0 Å². The lowest BCUT2D eigenvalue weighted by molar-refractivity contribution is -0.0505. The molecule has 0 amide bonds. The van der Waals surface area contributed by atoms with E-state index in [1.54, 1.807) is 12.1 Å². The van der Waals surface area contributed by atoms with Gasteiger partial charge in [0.1, 0.15) is 6.07 Å². The lowest BCUT2D eigenvalue weighted by Gasteiger charge is -2.09. The molecule has 0 aliphatic rings. The Morgan fingerprint density at radius 3 is 2.50 bits per heavy atom. The van der Waals surface area contributed by atoms with E-state index in [0.29, 0.717) is 8.95 Å². The summed E-state index contributed by atoms with van der Waals surface area (Å²) in [6, 6.07) is 4.73. The van der Waals surface area contributed by atoms with Gasteiger partial charge in [-0.3, -0.25) is 0 Å². The van der Waals surface area contributed by atoms with Crippen LogP contribution >= 0.6 is 31.9 Å². The van der Waals surface area contributed by atoms with Gasteiger partial charge in [-0.05, 0) is 44.0 Å². The van der Waals surface area contributed by atoms with E-state index in [-0.39, 0.29) is 11.3 Å². The van der Waals surface area contributed by atoms with Crippen molar-refractivity contribution in [3.8, 4) is 11.8 Å². The molecule has 0 spiro atoms. The highest BCUT2D eigenvalue weighted by molar-refractivity contribution is 9.13. The number of hydrogen-bond donors (Lipinski definition) is 0. The van der Waals surface area contributed by atoms with Crippen molar-refractivity contribution in [3.63, 3.8) is 0 Å². The van der Waals surface area contributed by atoms with Gasteiger partial charge >= 0.3 is 6.61 Å². The van der Waals surface area contributed by atoms with E-state index in [4.69, 9.17) is 5.26 Å². The minimum atomic E-state index is -2.95. The maximum Gasteiger partial charge on any atom is 0.387 e. The number of halogens is 4. The van der Waals surface area contributed by atoms with Gasteiger partial charge in [-0.1, -0.05) is 0 Å². The van der Waals surface area contributed by atoms with Gasteiger partial charge in [-0.25, -0.2) is 0 Å². The normalized spacial score (nSPS) is 10.0. The third-order valence-corrected chi connectivity index (χ3v) is 3.36. The quantitative estimate of drug-likeness (QED) is 0.830. The van der Waals surface area contributed by atoms with E-state index in [0.717, 1.165) is 0 Å². The Morgan fingerprint density at radius 2 is 2.00 bits per heavy atom. The van der Waals surface area contributed by atoms with E-state index in [9.17, 15) is 8.78 Å². The van der Waals surface area contributed by atoms with Crippen LogP contribution in [-0.4, -0.2) is 6.61 Å². The number of nitriles is 1. The van der Waals surface area contributed by atoms with E-state index < -0.39 is 6.61 Å². The van der Waals surface area contributed by atoms with Crippen molar-refractivity contribution in [1.29, 1.82) is 5.26 Å². The van der Waals surface area contributed by atoms with Gasteiger partial charge in [0.25, 0.3) is 0 Å². The Morgan fingerprint density at radius 1 is 1.36 bits per heavy atom. The van der Waals surface area contributed by atoms with E-state index in [2.05, 4.69) is 36.6 Å². The minimum Gasteiger partial charge on any atom is -0.432 e. The molecule has 0 heterocycles. The van der Waals surface area contributed by atoms with Gasteiger partial charge in [-0.2, -0.15) is 14.0 Å². The molecule has 0 radical (unpaired) electrons. The molecule has 1 aromatic carbocycles. The first-order valence-corrected chi connectivity index (χ1v) is 4.97. The van der Waals surface area contributed by atoms with Crippen molar-refractivity contribution in [2.75, 3.05) is 0 Å². The van der Waals surface area contributed by atoms with E-state index in [1.807, 2.05) is 0 Å². The van der Waals surface area contributed by atoms with Crippen LogP contribution in [0.3, 0.4) is 0 Å². The topological polar surface area (TPSA) is 33.0 Å². The van der Waals surface area contributed by atoms with Crippen LogP contribution in [0.4, 0.5) is 8.78 Å². The summed E-state index contributed by atoms with van der Waals surface area (Å²) in [5, 5.41) is 8.64. The molecular weight excluding hydrogens is 324 g/mol. The Hall–Kier alpha value is -0.670. The lowest BCUT2D eigenvalue weighted by atomic mass is 10.2. The van der Waals surface area contributed by atoms with Gasteiger partial charge in [0.15, 0.2) is 5.75 Å². The number of ether oxygens (including phenoxy) is 1. The molecule has 0 saturated carbocycles.